The number of hydrogen-bond acceptors (Lipinski definition) is 2. The molecule has 1 aromatic heterocycles. The fraction of sp³-hybridized carbons (Fsp3) is 0.214. The van der Waals surface area contributed by atoms with E-state index in [4.69, 9.17) is 0 Å². The molecule has 0 saturated carbocycles. The molecule has 3 rings (SSSR count). The van der Waals surface area contributed by atoms with Gasteiger partial charge in [-0.15, -0.1) is 0 Å². The monoisotopic (exact) mass is 241 g/mol. The second kappa shape index (κ2) is 3.38. The highest BCUT2D eigenvalue weighted by Crippen LogP contribution is 2.25. The molecule has 90 valence electrons. The molecule has 1 aliphatic rings. The topological polar surface area (TPSA) is 43.0 Å². The van der Waals surface area contributed by atoms with Crippen molar-refractivity contribution < 1.29 is 14.2 Å². The normalized spacial score (nSPS) is 13.5. The van der Waals surface area contributed by atoms with Crippen molar-refractivity contribution in [3.8, 4) is 0 Å². The van der Waals surface area contributed by atoms with Crippen molar-refractivity contribution in [2.45, 2.75) is 6.92 Å². The minimum Gasteiger partial charge on any atom is -0.284 e. The van der Waals surface area contributed by atoms with Crippen LogP contribution in [0.5, 0.6) is 0 Å². The summed E-state index contributed by atoms with van der Waals surface area (Å²) in [6, 6.07) is 6.98. The maximum absolute atomic E-state index is 12.5. The van der Waals surface area contributed by atoms with Crippen molar-refractivity contribution in [1.29, 1.82) is 0 Å². The van der Waals surface area contributed by atoms with Crippen LogP contribution in [0, 0.1) is 6.92 Å². The Morgan fingerprint density at radius 3 is 2.22 bits per heavy atom. The van der Waals surface area contributed by atoms with Crippen LogP contribution in [0.25, 0.3) is 0 Å². The Hall–Kier alpha value is -2.23. The SMILES string of the molecule is Cc1n(C)c2c([n+]1C)C(=O)c1ccccc1C2=O. The highest BCUT2D eigenvalue weighted by molar-refractivity contribution is 6.26. The molecule has 0 amide bonds. The van der Waals surface area contributed by atoms with E-state index in [-0.39, 0.29) is 11.6 Å². The Bertz CT molecular complexity index is 652. The maximum Gasteiger partial charge on any atom is 0.253 e. The highest BCUT2D eigenvalue weighted by atomic mass is 16.1. The molecule has 1 aliphatic carbocycles. The number of nitrogens with zero attached hydrogens (tertiary/aromatic N) is 2. The van der Waals surface area contributed by atoms with Crippen molar-refractivity contribution in [1.82, 2.24) is 4.57 Å². The lowest BCUT2D eigenvalue weighted by Gasteiger charge is -2.11. The van der Waals surface area contributed by atoms with Crippen LogP contribution in [-0.4, -0.2) is 16.1 Å². The van der Waals surface area contributed by atoms with E-state index in [0.717, 1.165) is 5.82 Å². The zero-order chi connectivity index (χ0) is 13.0. The van der Waals surface area contributed by atoms with E-state index in [1.165, 1.54) is 0 Å². The van der Waals surface area contributed by atoms with Crippen LogP contribution in [0.3, 0.4) is 0 Å². The lowest BCUT2D eigenvalue weighted by atomic mass is 9.90. The molecule has 0 unspecified atom stereocenters. The molecule has 0 atom stereocenters. The Kier molecular flexibility index (Phi) is 2.05. The first kappa shape index (κ1) is 10.9. The van der Waals surface area contributed by atoms with Crippen LogP contribution < -0.4 is 4.57 Å². The fourth-order valence-corrected chi connectivity index (χ4v) is 2.52. The van der Waals surface area contributed by atoms with Crippen LogP contribution in [0.4, 0.5) is 0 Å². The minimum absolute atomic E-state index is 0.0774. The summed E-state index contributed by atoms with van der Waals surface area (Å²) in [5.74, 6) is 0.729. The lowest BCUT2D eigenvalue weighted by molar-refractivity contribution is -0.679. The van der Waals surface area contributed by atoms with Crippen LogP contribution in [0.2, 0.25) is 0 Å². The Morgan fingerprint density at radius 1 is 1.06 bits per heavy atom. The largest absolute Gasteiger partial charge is 0.284 e. The number of ketones is 2. The number of fused-ring (bicyclic) bond motifs is 2. The van der Waals surface area contributed by atoms with Gasteiger partial charge in [-0.05, 0) is 0 Å². The number of benzene rings is 1. The molecule has 0 bridgehead atoms. The molecule has 0 saturated heterocycles. The van der Waals surface area contributed by atoms with Crippen LogP contribution in [0.1, 0.15) is 37.9 Å². The quantitative estimate of drug-likeness (QED) is 0.550. The van der Waals surface area contributed by atoms with Crippen molar-refractivity contribution in [3.05, 3.63) is 52.6 Å². The van der Waals surface area contributed by atoms with Gasteiger partial charge in [-0.3, -0.25) is 9.59 Å². The summed E-state index contributed by atoms with van der Waals surface area (Å²) in [6.45, 7) is 1.89. The van der Waals surface area contributed by atoms with E-state index < -0.39 is 0 Å². The molecule has 1 aromatic carbocycles. The van der Waals surface area contributed by atoms with Gasteiger partial charge in [0.25, 0.3) is 5.82 Å². The molecule has 0 radical (unpaired) electrons. The van der Waals surface area contributed by atoms with E-state index in [1.54, 1.807) is 33.4 Å². The molecule has 0 aliphatic heterocycles. The number of hydrogen-bond donors (Lipinski definition) is 0. The van der Waals surface area contributed by atoms with E-state index in [0.29, 0.717) is 22.5 Å². The third-order valence-electron chi connectivity index (χ3n) is 3.71. The third-order valence-corrected chi connectivity index (χ3v) is 3.71. The first-order valence-corrected chi connectivity index (χ1v) is 5.77. The molecular weight excluding hydrogens is 228 g/mol. The Balaban J connectivity index is 2.41. The highest BCUT2D eigenvalue weighted by Gasteiger charge is 2.40. The van der Waals surface area contributed by atoms with E-state index in [9.17, 15) is 9.59 Å². The van der Waals surface area contributed by atoms with Gasteiger partial charge in [-0.2, -0.15) is 0 Å². The molecule has 4 heteroatoms. The summed E-state index contributed by atoms with van der Waals surface area (Å²) in [6.07, 6.45) is 0. The van der Waals surface area contributed by atoms with E-state index in [1.807, 2.05) is 21.0 Å². The van der Waals surface area contributed by atoms with E-state index >= 15 is 0 Å². The number of rotatable bonds is 0. The number of carbonyl (C=O) groups is 2. The summed E-state index contributed by atoms with van der Waals surface area (Å²) >= 11 is 0. The van der Waals surface area contributed by atoms with Gasteiger partial charge >= 0.3 is 0 Å². The molecule has 0 spiro atoms. The summed E-state index contributed by atoms with van der Waals surface area (Å²) in [5.41, 5.74) is 1.96. The minimum atomic E-state index is -0.0774. The first-order chi connectivity index (χ1) is 8.54. The van der Waals surface area contributed by atoms with Gasteiger partial charge in [-0.25, -0.2) is 9.13 Å². The van der Waals surface area contributed by atoms with Gasteiger partial charge in [0, 0.05) is 18.1 Å². The van der Waals surface area contributed by atoms with Crippen LogP contribution in [-0.2, 0) is 14.1 Å². The first-order valence-electron chi connectivity index (χ1n) is 5.77. The fourth-order valence-electron chi connectivity index (χ4n) is 2.52. The van der Waals surface area contributed by atoms with Gasteiger partial charge in [-0.1, -0.05) is 24.3 Å². The second-order valence-electron chi connectivity index (χ2n) is 4.57. The Morgan fingerprint density at radius 2 is 1.61 bits per heavy atom. The Labute approximate surface area is 104 Å². The van der Waals surface area contributed by atoms with Gasteiger partial charge in [0.1, 0.15) is 0 Å². The maximum atomic E-state index is 12.5. The number of carbonyl (C=O) groups excluding carboxylic acids is 2. The van der Waals surface area contributed by atoms with Crippen molar-refractivity contribution in [3.63, 3.8) is 0 Å². The zero-order valence-electron chi connectivity index (χ0n) is 10.5. The van der Waals surface area contributed by atoms with Crippen molar-refractivity contribution in [2.75, 3.05) is 0 Å². The summed E-state index contributed by atoms with van der Waals surface area (Å²) in [7, 11) is 3.63. The number of imidazole rings is 1. The summed E-state index contributed by atoms with van der Waals surface area (Å²) in [4.78, 5) is 24.9. The summed E-state index contributed by atoms with van der Waals surface area (Å²) in [5, 5.41) is 0. The predicted molar refractivity (Wildman–Crippen MR) is 64.6 cm³/mol. The van der Waals surface area contributed by atoms with Gasteiger partial charge < -0.3 is 0 Å². The molecule has 1 heterocycles. The van der Waals surface area contributed by atoms with Gasteiger partial charge in [0.05, 0.1) is 14.1 Å². The van der Waals surface area contributed by atoms with Crippen LogP contribution >= 0.6 is 0 Å². The predicted octanol–water partition coefficient (Wildman–Crippen LogP) is 0.933. The second-order valence-corrected chi connectivity index (χ2v) is 4.57. The molecule has 0 N–H and O–H groups in total. The lowest BCUT2D eigenvalue weighted by Crippen LogP contribution is -2.39. The van der Waals surface area contributed by atoms with Gasteiger partial charge in [0.2, 0.25) is 23.0 Å². The zero-order valence-corrected chi connectivity index (χ0v) is 10.5. The molecular formula is C14H13N2O2+. The standard InChI is InChI=1S/C14H13N2O2/c1-8-15(2)11-12(16(8)3)14(18)10-7-5-4-6-9(10)13(11)17/h4-7H,1-3H3/q+1. The average molecular weight is 241 g/mol. The number of aromatic nitrogens is 2. The molecule has 0 fully saturated rings. The average Bonchev–Trinajstić information content (AvgIpc) is 2.61. The molecule has 4 nitrogen and oxygen atoms in total. The molecule has 2 aromatic rings. The van der Waals surface area contributed by atoms with Gasteiger partial charge in [0.15, 0.2) is 0 Å². The van der Waals surface area contributed by atoms with Crippen molar-refractivity contribution >= 4 is 11.6 Å². The molecule has 18 heavy (non-hydrogen) atoms. The summed E-state index contributed by atoms with van der Waals surface area (Å²) < 4.78 is 3.57. The smallest absolute Gasteiger partial charge is 0.253 e. The van der Waals surface area contributed by atoms with Crippen LogP contribution in [0.15, 0.2) is 24.3 Å². The van der Waals surface area contributed by atoms with Crippen molar-refractivity contribution in [2.24, 2.45) is 14.1 Å². The third kappa shape index (κ3) is 1.12. The van der Waals surface area contributed by atoms with E-state index in [2.05, 4.69) is 0 Å².